The molecule has 31 heavy (non-hydrogen) atoms. The molecule has 1 amide bonds. The lowest BCUT2D eigenvalue weighted by Gasteiger charge is -2.31. The van der Waals surface area contributed by atoms with Gasteiger partial charge in [-0.25, -0.2) is 30.3 Å². The molecular weight excluding hydrogens is 454 g/mol. The molecule has 0 atom stereocenters. The number of piperidine rings is 1. The van der Waals surface area contributed by atoms with Gasteiger partial charge in [-0.1, -0.05) is 6.07 Å². The van der Waals surface area contributed by atoms with Crippen LogP contribution >= 0.6 is 0 Å². The predicted octanol–water partition coefficient (Wildman–Crippen LogP) is 1.83. The smallest absolute Gasteiger partial charge is 0.246 e. The summed E-state index contributed by atoms with van der Waals surface area (Å²) < 4.78 is 83.7. The van der Waals surface area contributed by atoms with Crippen molar-refractivity contribution in [2.24, 2.45) is 0 Å². The molecule has 0 aliphatic carbocycles. The molecule has 8 nitrogen and oxygen atoms in total. The summed E-state index contributed by atoms with van der Waals surface area (Å²) in [6.07, 6.45) is 1.71. The van der Waals surface area contributed by atoms with E-state index in [9.17, 15) is 30.4 Å². The second kappa shape index (κ2) is 9.45. The molecular formula is C19H22F2N2O6S2. The lowest BCUT2D eigenvalue weighted by Crippen LogP contribution is -2.43. The average molecular weight is 477 g/mol. The second-order valence-corrected chi connectivity index (χ2v) is 11.2. The summed E-state index contributed by atoms with van der Waals surface area (Å²) in [6, 6.07) is 5.90. The highest BCUT2D eigenvalue weighted by molar-refractivity contribution is 7.91. The monoisotopic (exact) mass is 476 g/mol. The van der Waals surface area contributed by atoms with Crippen LogP contribution in [-0.2, 0) is 30.4 Å². The number of hydrogen-bond acceptors (Lipinski definition) is 6. The van der Waals surface area contributed by atoms with E-state index >= 15 is 0 Å². The lowest BCUT2D eigenvalue weighted by atomic mass is 10.1. The molecule has 1 aliphatic heterocycles. The van der Waals surface area contributed by atoms with Gasteiger partial charge in [0, 0.05) is 26.1 Å². The fourth-order valence-corrected chi connectivity index (χ4v) is 6.33. The van der Waals surface area contributed by atoms with Gasteiger partial charge in [-0.3, -0.25) is 4.79 Å². The fraction of sp³-hybridized carbons (Fsp3) is 0.421. The van der Waals surface area contributed by atoms with Gasteiger partial charge < -0.3 is 9.32 Å². The normalized spacial score (nSPS) is 15.9. The number of likely N-dealkylation sites (tertiary alicyclic amines) is 1. The van der Waals surface area contributed by atoms with Crippen LogP contribution in [0, 0.1) is 11.6 Å². The quantitative estimate of drug-likeness (QED) is 0.622. The molecule has 0 bridgehead atoms. The third kappa shape index (κ3) is 5.69. The number of sulfonamides is 1. The summed E-state index contributed by atoms with van der Waals surface area (Å²) in [5, 5.41) is -0.593. The summed E-state index contributed by atoms with van der Waals surface area (Å²) in [6.45, 7) is 0.0941. The Bertz CT molecular complexity index is 1110. The number of sulfone groups is 1. The minimum absolute atomic E-state index is 0.201. The number of nitrogens with one attached hydrogen (secondary N) is 1. The molecule has 12 heteroatoms. The van der Waals surface area contributed by atoms with Gasteiger partial charge in [-0.2, -0.15) is 0 Å². The Kier molecular flexibility index (Phi) is 7.12. The third-order valence-electron chi connectivity index (χ3n) is 5.04. The van der Waals surface area contributed by atoms with E-state index in [1.165, 1.54) is 11.2 Å². The van der Waals surface area contributed by atoms with Gasteiger partial charge in [-0.15, -0.1) is 0 Å². The Morgan fingerprint density at radius 3 is 2.29 bits per heavy atom. The molecule has 1 aromatic heterocycles. The van der Waals surface area contributed by atoms with Crippen LogP contribution in [0.5, 0.6) is 0 Å². The van der Waals surface area contributed by atoms with E-state index in [0.717, 1.165) is 18.2 Å². The third-order valence-corrected chi connectivity index (χ3v) is 8.73. The SMILES string of the molecule is O=C(CCNS(=O)(=O)c1c(F)cccc1F)N1CCC(S(=O)(=O)Cc2ccco2)CC1. The first kappa shape index (κ1) is 23.4. The van der Waals surface area contributed by atoms with Crippen molar-refractivity contribution in [3.8, 4) is 0 Å². The van der Waals surface area contributed by atoms with Gasteiger partial charge >= 0.3 is 0 Å². The zero-order chi connectivity index (χ0) is 22.6. The largest absolute Gasteiger partial charge is 0.468 e. The molecule has 0 spiro atoms. The summed E-state index contributed by atoms with van der Waals surface area (Å²) in [5.41, 5.74) is 0. The van der Waals surface area contributed by atoms with Crippen LogP contribution in [0.1, 0.15) is 25.0 Å². The average Bonchev–Trinajstić information content (AvgIpc) is 3.20. The first-order chi connectivity index (χ1) is 14.6. The van der Waals surface area contributed by atoms with Crippen LogP contribution in [0.3, 0.4) is 0 Å². The van der Waals surface area contributed by atoms with Crippen molar-refractivity contribution in [2.45, 2.75) is 35.2 Å². The van der Waals surface area contributed by atoms with Crippen molar-refractivity contribution >= 4 is 25.8 Å². The Balaban J connectivity index is 1.49. The number of nitrogens with zero attached hydrogens (tertiary/aromatic N) is 1. The highest BCUT2D eigenvalue weighted by Gasteiger charge is 2.32. The number of carbonyl (C=O) groups excluding carboxylic acids is 1. The standard InChI is InChI=1S/C19H22F2N2O6S2/c20-16-4-1-5-17(21)19(16)31(27,28)22-9-6-18(24)23-10-7-15(8-11-23)30(25,26)13-14-3-2-12-29-14/h1-5,12,15,22H,6-11,13H2. The van der Waals surface area contributed by atoms with Crippen LogP contribution in [-0.4, -0.2) is 52.5 Å². The topological polar surface area (TPSA) is 114 Å². The van der Waals surface area contributed by atoms with E-state index in [2.05, 4.69) is 0 Å². The first-order valence-electron chi connectivity index (χ1n) is 9.55. The van der Waals surface area contributed by atoms with Crippen molar-refractivity contribution in [2.75, 3.05) is 19.6 Å². The molecule has 3 rings (SSSR count). The molecule has 0 unspecified atom stereocenters. The maximum Gasteiger partial charge on any atom is 0.246 e. The van der Waals surface area contributed by atoms with Crippen molar-refractivity contribution in [1.82, 2.24) is 9.62 Å². The van der Waals surface area contributed by atoms with Gasteiger partial charge in [0.25, 0.3) is 0 Å². The van der Waals surface area contributed by atoms with Crippen molar-refractivity contribution in [3.63, 3.8) is 0 Å². The van der Waals surface area contributed by atoms with Crippen LogP contribution in [0.2, 0.25) is 0 Å². The van der Waals surface area contributed by atoms with Crippen molar-refractivity contribution in [1.29, 1.82) is 0 Å². The van der Waals surface area contributed by atoms with Crippen LogP contribution in [0.25, 0.3) is 0 Å². The molecule has 0 radical (unpaired) electrons. The van der Waals surface area contributed by atoms with Crippen LogP contribution < -0.4 is 4.72 Å². The molecule has 1 aliphatic rings. The van der Waals surface area contributed by atoms with E-state index in [0.29, 0.717) is 5.76 Å². The number of hydrogen-bond donors (Lipinski definition) is 1. The lowest BCUT2D eigenvalue weighted by molar-refractivity contribution is -0.131. The number of benzene rings is 1. The Labute approximate surface area is 179 Å². The summed E-state index contributed by atoms with van der Waals surface area (Å²) in [7, 11) is -7.88. The van der Waals surface area contributed by atoms with Crippen LogP contribution in [0.4, 0.5) is 8.78 Å². The van der Waals surface area contributed by atoms with E-state index in [4.69, 9.17) is 4.42 Å². The summed E-state index contributed by atoms with van der Waals surface area (Å²) in [4.78, 5) is 12.7. The zero-order valence-electron chi connectivity index (χ0n) is 16.5. The second-order valence-electron chi connectivity index (χ2n) is 7.17. The molecule has 2 heterocycles. The Morgan fingerprint density at radius 1 is 1.06 bits per heavy atom. The molecule has 1 aromatic carbocycles. The zero-order valence-corrected chi connectivity index (χ0v) is 18.1. The van der Waals surface area contributed by atoms with Crippen molar-refractivity contribution in [3.05, 3.63) is 54.0 Å². The highest BCUT2D eigenvalue weighted by atomic mass is 32.2. The molecule has 1 N–H and O–H groups in total. The van der Waals surface area contributed by atoms with Gasteiger partial charge in [0.2, 0.25) is 15.9 Å². The van der Waals surface area contributed by atoms with E-state index in [1.54, 1.807) is 12.1 Å². The maximum atomic E-state index is 13.7. The van der Waals surface area contributed by atoms with Crippen LogP contribution in [0.15, 0.2) is 45.9 Å². The van der Waals surface area contributed by atoms with Gasteiger partial charge in [0.15, 0.2) is 14.7 Å². The minimum atomic E-state index is -4.46. The Hall–Kier alpha value is -2.31. The summed E-state index contributed by atoms with van der Waals surface area (Å²) in [5.74, 6) is -2.67. The number of amides is 1. The number of carbonyl (C=O) groups is 1. The number of furan rings is 1. The van der Waals surface area contributed by atoms with Gasteiger partial charge in [0.1, 0.15) is 23.1 Å². The van der Waals surface area contributed by atoms with E-state index in [1.807, 2.05) is 4.72 Å². The highest BCUT2D eigenvalue weighted by Crippen LogP contribution is 2.22. The predicted molar refractivity (Wildman–Crippen MR) is 107 cm³/mol. The van der Waals surface area contributed by atoms with E-state index in [-0.39, 0.29) is 50.6 Å². The fourth-order valence-electron chi connectivity index (χ4n) is 3.44. The maximum absolute atomic E-state index is 13.7. The summed E-state index contributed by atoms with van der Waals surface area (Å²) >= 11 is 0. The first-order valence-corrected chi connectivity index (χ1v) is 12.8. The molecule has 2 aromatic rings. The Morgan fingerprint density at radius 2 is 1.71 bits per heavy atom. The van der Waals surface area contributed by atoms with Gasteiger partial charge in [-0.05, 0) is 37.1 Å². The molecule has 0 saturated carbocycles. The van der Waals surface area contributed by atoms with Crippen molar-refractivity contribution < 1.29 is 34.8 Å². The minimum Gasteiger partial charge on any atom is -0.468 e. The molecule has 1 fully saturated rings. The number of halogens is 2. The van der Waals surface area contributed by atoms with Gasteiger partial charge in [0.05, 0.1) is 11.5 Å². The molecule has 170 valence electrons. The number of rotatable bonds is 8. The van der Waals surface area contributed by atoms with E-state index < -0.39 is 41.6 Å². The molecule has 1 saturated heterocycles.